The van der Waals surface area contributed by atoms with Gasteiger partial charge in [0.1, 0.15) is 0 Å². The number of hydrogen-bond donors (Lipinski definition) is 1. The van der Waals surface area contributed by atoms with E-state index in [0.29, 0.717) is 12.3 Å². The Hall–Kier alpha value is -0.250. The van der Waals surface area contributed by atoms with Gasteiger partial charge < -0.3 is 5.73 Å². The second-order valence-corrected chi connectivity index (χ2v) is 3.94. The van der Waals surface area contributed by atoms with E-state index in [2.05, 4.69) is 6.92 Å². The Bertz CT molecular complexity index is 145. The van der Waals surface area contributed by atoms with Crippen molar-refractivity contribution in [3.8, 4) is 0 Å². The van der Waals surface area contributed by atoms with E-state index in [9.17, 15) is 13.2 Å². The van der Waals surface area contributed by atoms with Crippen LogP contribution in [0.5, 0.6) is 0 Å². The normalized spacial score (nSPS) is 16.7. The second kappa shape index (κ2) is 6.27. The third-order valence-electron chi connectivity index (χ3n) is 2.47. The fraction of sp³-hybridized carbons (Fsp3) is 1.00. The Morgan fingerprint density at radius 3 is 2.21 bits per heavy atom. The fourth-order valence-corrected chi connectivity index (χ4v) is 1.49. The van der Waals surface area contributed by atoms with Gasteiger partial charge in [0.15, 0.2) is 0 Å². The second-order valence-electron chi connectivity index (χ2n) is 3.94. The third kappa shape index (κ3) is 7.18. The molecule has 0 heterocycles. The fourth-order valence-electron chi connectivity index (χ4n) is 1.49. The predicted molar refractivity (Wildman–Crippen MR) is 52.0 cm³/mol. The highest BCUT2D eigenvalue weighted by Crippen LogP contribution is 2.23. The van der Waals surface area contributed by atoms with Crippen LogP contribution in [-0.2, 0) is 0 Å². The van der Waals surface area contributed by atoms with Gasteiger partial charge in [-0.3, -0.25) is 0 Å². The smallest absolute Gasteiger partial charge is 0.327 e. The molecule has 1 nitrogen and oxygen atoms in total. The first-order chi connectivity index (χ1) is 6.37. The molecule has 0 bridgehead atoms. The molecule has 0 amide bonds. The van der Waals surface area contributed by atoms with Crippen LogP contribution in [0.3, 0.4) is 0 Å². The van der Waals surface area contributed by atoms with Crippen molar-refractivity contribution >= 4 is 0 Å². The number of nitrogens with two attached hydrogens (primary N) is 1. The summed E-state index contributed by atoms with van der Waals surface area (Å²) < 4.78 is 35.4. The van der Waals surface area contributed by atoms with Crippen LogP contribution in [0.15, 0.2) is 0 Å². The summed E-state index contributed by atoms with van der Waals surface area (Å²) >= 11 is 0. The summed E-state index contributed by atoms with van der Waals surface area (Å²) in [7, 11) is 0. The maximum Gasteiger partial charge on any atom is 0.389 e. The quantitative estimate of drug-likeness (QED) is 0.715. The van der Waals surface area contributed by atoms with Crippen LogP contribution in [0.2, 0.25) is 0 Å². The summed E-state index contributed by atoms with van der Waals surface area (Å²) in [5.41, 5.74) is 5.77. The van der Waals surface area contributed by atoms with E-state index in [1.165, 1.54) is 0 Å². The lowest BCUT2D eigenvalue weighted by atomic mass is 9.93. The number of alkyl halides is 3. The molecule has 0 aromatic rings. The molecule has 86 valence electrons. The van der Waals surface area contributed by atoms with Crippen molar-refractivity contribution in [2.24, 2.45) is 11.7 Å². The Balaban J connectivity index is 3.58. The Morgan fingerprint density at radius 2 is 1.79 bits per heavy atom. The highest BCUT2D eigenvalue weighted by atomic mass is 19.4. The minimum absolute atomic E-state index is 0.0858. The topological polar surface area (TPSA) is 26.0 Å². The molecule has 4 heteroatoms. The maximum atomic E-state index is 11.8. The lowest BCUT2D eigenvalue weighted by Gasteiger charge is -2.19. The van der Waals surface area contributed by atoms with Crippen LogP contribution < -0.4 is 5.73 Å². The molecule has 0 fully saturated rings. The zero-order valence-corrected chi connectivity index (χ0v) is 8.90. The zero-order chi connectivity index (χ0) is 11.2. The van der Waals surface area contributed by atoms with E-state index in [4.69, 9.17) is 5.73 Å². The molecule has 0 saturated carbocycles. The molecule has 0 saturated heterocycles. The van der Waals surface area contributed by atoms with Gasteiger partial charge in [-0.1, -0.05) is 20.3 Å². The van der Waals surface area contributed by atoms with E-state index >= 15 is 0 Å². The molecule has 0 aromatic heterocycles. The Morgan fingerprint density at radius 1 is 1.21 bits per heavy atom. The van der Waals surface area contributed by atoms with Gasteiger partial charge in [-0.15, -0.1) is 0 Å². The summed E-state index contributed by atoms with van der Waals surface area (Å²) in [5.74, 6) is 0.327. The third-order valence-corrected chi connectivity index (χ3v) is 2.47. The van der Waals surface area contributed by atoms with Crippen molar-refractivity contribution in [1.29, 1.82) is 0 Å². The molecule has 0 radical (unpaired) electrons. The van der Waals surface area contributed by atoms with Crippen LogP contribution in [0, 0.1) is 5.92 Å². The molecule has 0 spiro atoms. The van der Waals surface area contributed by atoms with Gasteiger partial charge in [0.25, 0.3) is 0 Å². The number of hydrogen-bond acceptors (Lipinski definition) is 1. The van der Waals surface area contributed by atoms with E-state index < -0.39 is 12.6 Å². The standard InChI is InChI=1S/C10H20F3N/c1-3-5-8(2)9(14)6-4-7-10(11,12)13/h8-9H,3-7,14H2,1-2H3. The molecular weight excluding hydrogens is 191 g/mol. The van der Waals surface area contributed by atoms with Crippen molar-refractivity contribution in [2.45, 2.75) is 58.2 Å². The summed E-state index contributed by atoms with van der Waals surface area (Å²) in [6.45, 7) is 4.06. The molecule has 0 aliphatic heterocycles. The monoisotopic (exact) mass is 211 g/mol. The van der Waals surface area contributed by atoms with Crippen molar-refractivity contribution in [3.63, 3.8) is 0 Å². The summed E-state index contributed by atoms with van der Waals surface area (Å²) in [6.07, 6.45) is -2.09. The molecule has 0 aliphatic carbocycles. The van der Waals surface area contributed by atoms with Crippen molar-refractivity contribution in [2.75, 3.05) is 0 Å². The van der Waals surface area contributed by atoms with Gasteiger partial charge in [0, 0.05) is 12.5 Å². The number of rotatable bonds is 6. The van der Waals surface area contributed by atoms with Crippen molar-refractivity contribution in [1.82, 2.24) is 0 Å². The average molecular weight is 211 g/mol. The van der Waals surface area contributed by atoms with Gasteiger partial charge in [-0.05, 0) is 25.2 Å². The van der Waals surface area contributed by atoms with Gasteiger partial charge >= 0.3 is 6.18 Å². The maximum absolute atomic E-state index is 11.8. The predicted octanol–water partition coefficient (Wildman–Crippen LogP) is 3.48. The van der Waals surface area contributed by atoms with E-state index in [1.807, 2.05) is 6.92 Å². The molecule has 2 N–H and O–H groups in total. The van der Waals surface area contributed by atoms with Crippen LogP contribution in [0.1, 0.15) is 46.0 Å². The van der Waals surface area contributed by atoms with Crippen LogP contribution in [0.4, 0.5) is 13.2 Å². The Labute approximate surface area is 83.9 Å². The van der Waals surface area contributed by atoms with E-state index in [-0.39, 0.29) is 12.5 Å². The van der Waals surface area contributed by atoms with E-state index in [1.54, 1.807) is 0 Å². The Kier molecular flexibility index (Phi) is 6.16. The molecule has 14 heavy (non-hydrogen) atoms. The van der Waals surface area contributed by atoms with Gasteiger partial charge in [-0.2, -0.15) is 13.2 Å². The summed E-state index contributed by atoms with van der Waals surface area (Å²) in [5, 5.41) is 0. The number of halogens is 3. The molecule has 0 rings (SSSR count). The summed E-state index contributed by atoms with van der Waals surface area (Å²) in [6, 6.07) is -0.0858. The molecule has 2 unspecified atom stereocenters. The molecule has 0 aromatic carbocycles. The van der Waals surface area contributed by atoms with Crippen molar-refractivity contribution < 1.29 is 13.2 Å². The largest absolute Gasteiger partial charge is 0.389 e. The molecule has 2 atom stereocenters. The highest BCUT2D eigenvalue weighted by Gasteiger charge is 2.26. The molecule has 0 aliphatic rings. The minimum atomic E-state index is -4.03. The lowest BCUT2D eigenvalue weighted by Crippen LogP contribution is -2.28. The highest BCUT2D eigenvalue weighted by molar-refractivity contribution is 4.69. The SMILES string of the molecule is CCCC(C)C(N)CCCC(F)(F)F. The first-order valence-corrected chi connectivity index (χ1v) is 5.19. The van der Waals surface area contributed by atoms with Crippen molar-refractivity contribution in [3.05, 3.63) is 0 Å². The van der Waals surface area contributed by atoms with Gasteiger partial charge in [0.2, 0.25) is 0 Å². The lowest BCUT2D eigenvalue weighted by molar-refractivity contribution is -0.135. The minimum Gasteiger partial charge on any atom is -0.327 e. The average Bonchev–Trinajstić information content (AvgIpc) is 2.02. The first-order valence-electron chi connectivity index (χ1n) is 5.19. The summed E-state index contributed by atoms with van der Waals surface area (Å²) in [4.78, 5) is 0. The zero-order valence-electron chi connectivity index (χ0n) is 8.90. The van der Waals surface area contributed by atoms with E-state index in [0.717, 1.165) is 12.8 Å². The first kappa shape index (κ1) is 13.8. The molecular formula is C10H20F3N. The van der Waals surface area contributed by atoms with Crippen LogP contribution in [-0.4, -0.2) is 12.2 Å². The van der Waals surface area contributed by atoms with Gasteiger partial charge in [0.05, 0.1) is 0 Å². The van der Waals surface area contributed by atoms with Gasteiger partial charge in [-0.25, -0.2) is 0 Å². The van der Waals surface area contributed by atoms with Crippen LogP contribution >= 0.6 is 0 Å². The van der Waals surface area contributed by atoms with Crippen LogP contribution in [0.25, 0.3) is 0 Å².